The summed E-state index contributed by atoms with van der Waals surface area (Å²) in [5.74, 6) is -0.760. The maximum atomic E-state index is 13.8. The average molecular weight is 274 g/mol. The number of rotatable bonds is 2. The number of hydrogen-bond acceptors (Lipinski definition) is 2. The van der Waals surface area contributed by atoms with Crippen LogP contribution in [0.2, 0.25) is 0 Å². The Kier molecular flexibility index (Phi) is 3.65. The van der Waals surface area contributed by atoms with E-state index in [0.717, 1.165) is 31.4 Å². The summed E-state index contributed by atoms with van der Waals surface area (Å²) in [6.07, 6.45) is 0. The SMILES string of the molecule is Fc1ccc(F)c(CN2CCNCc3ccccc32)c1. The lowest BCUT2D eigenvalue weighted by Crippen LogP contribution is -2.28. The minimum absolute atomic E-state index is 0.360. The Hall–Kier alpha value is -1.94. The molecule has 0 saturated heterocycles. The fraction of sp³-hybridized carbons (Fsp3) is 0.250. The van der Waals surface area contributed by atoms with E-state index < -0.39 is 5.82 Å². The molecule has 0 aromatic heterocycles. The van der Waals surface area contributed by atoms with Crippen molar-refractivity contribution in [2.24, 2.45) is 0 Å². The first-order chi connectivity index (χ1) is 9.74. The number of hydrogen-bond donors (Lipinski definition) is 1. The van der Waals surface area contributed by atoms with E-state index in [2.05, 4.69) is 16.3 Å². The van der Waals surface area contributed by atoms with Crippen molar-refractivity contribution >= 4 is 5.69 Å². The maximum Gasteiger partial charge on any atom is 0.128 e. The molecule has 0 fully saturated rings. The van der Waals surface area contributed by atoms with Gasteiger partial charge in [0.15, 0.2) is 0 Å². The molecule has 2 aromatic carbocycles. The highest BCUT2D eigenvalue weighted by Gasteiger charge is 2.16. The third kappa shape index (κ3) is 2.65. The van der Waals surface area contributed by atoms with Gasteiger partial charge >= 0.3 is 0 Å². The molecule has 2 nitrogen and oxygen atoms in total. The van der Waals surface area contributed by atoms with Gasteiger partial charge in [-0.2, -0.15) is 0 Å². The molecule has 2 aromatic rings. The Morgan fingerprint density at radius 3 is 2.85 bits per heavy atom. The van der Waals surface area contributed by atoms with Gasteiger partial charge < -0.3 is 10.2 Å². The highest BCUT2D eigenvalue weighted by atomic mass is 19.1. The van der Waals surface area contributed by atoms with Gasteiger partial charge in [0.1, 0.15) is 11.6 Å². The molecule has 1 aliphatic heterocycles. The van der Waals surface area contributed by atoms with E-state index in [0.29, 0.717) is 12.1 Å². The molecule has 4 heteroatoms. The summed E-state index contributed by atoms with van der Waals surface area (Å²) >= 11 is 0. The molecule has 104 valence electrons. The lowest BCUT2D eigenvalue weighted by molar-refractivity contribution is 0.580. The molecule has 20 heavy (non-hydrogen) atoms. The molecule has 0 unspecified atom stereocenters. The number of fused-ring (bicyclic) bond motifs is 1. The first-order valence-electron chi connectivity index (χ1n) is 6.71. The zero-order valence-electron chi connectivity index (χ0n) is 11.1. The molecular weight excluding hydrogens is 258 g/mol. The highest BCUT2D eigenvalue weighted by Crippen LogP contribution is 2.24. The minimum atomic E-state index is -0.400. The number of halogens is 2. The van der Waals surface area contributed by atoms with Crippen LogP contribution in [0.4, 0.5) is 14.5 Å². The molecule has 0 aliphatic carbocycles. The minimum Gasteiger partial charge on any atom is -0.366 e. The molecule has 0 amide bonds. The van der Waals surface area contributed by atoms with E-state index in [9.17, 15) is 8.78 Å². The van der Waals surface area contributed by atoms with Gasteiger partial charge in [-0.3, -0.25) is 0 Å². The molecule has 0 radical (unpaired) electrons. The number of nitrogens with zero attached hydrogens (tertiary/aromatic N) is 1. The first-order valence-corrected chi connectivity index (χ1v) is 6.71. The second-order valence-electron chi connectivity index (χ2n) is 4.96. The van der Waals surface area contributed by atoms with Crippen molar-refractivity contribution in [2.75, 3.05) is 18.0 Å². The Bertz CT molecular complexity index is 613. The van der Waals surface area contributed by atoms with Gasteiger partial charge in [-0.15, -0.1) is 0 Å². The van der Waals surface area contributed by atoms with Crippen LogP contribution in [0.3, 0.4) is 0 Å². The summed E-state index contributed by atoms with van der Waals surface area (Å²) in [6, 6.07) is 11.7. The molecule has 0 atom stereocenters. The highest BCUT2D eigenvalue weighted by molar-refractivity contribution is 5.54. The number of nitrogens with one attached hydrogen (secondary N) is 1. The summed E-state index contributed by atoms with van der Waals surface area (Å²) in [6.45, 7) is 2.78. The van der Waals surface area contributed by atoms with Crippen molar-refractivity contribution in [3.8, 4) is 0 Å². The van der Waals surface area contributed by atoms with Gasteiger partial charge in [0, 0.05) is 37.4 Å². The zero-order chi connectivity index (χ0) is 13.9. The molecule has 0 spiro atoms. The standard InChI is InChI=1S/C16H16F2N2/c17-14-5-6-15(18)13(9-14)11-20-8-7-19-10-12-3-1-2-4-16(12)20/h1-6,9,19H,7-8,10-11H2. The molecule has 0 bridgehead atoms. The van der Waals surface area contributed by atoms with Crippen LogP contribution in [0.5, 0.6) is 0 Å². The fourth-order valence-electron chi connectivity index (χ4n) is 2.56. The van der Waals surface area contributed by atoms with Crippen molar-refractivity contribution in [3.63, 3.8) is 0 Å². The second kappa shape index (κ2) is 5.59. The van der Waals surface area contributed by atoms with Crippen LogP contribution in [-0.4, -0.2) is 13.1 Å². The number of para-hydroxylation sites is 1. The summed E-state index contributed by atoms with van der Waals surface area (Å²) in [7, 11) is 0. The van der Waals surface area contributed by atoms with E-state index in [1.54, 1.807) is 0 Å². The molecule has 1 heterocycles. The lowest BCUT2D eigenvalue weighted by atomic mass is 10.1. The van der Waals surface area contributed by atoms with Crippen LogP contribution in [0.15, 0.2) is 42.5 Å². The molecule has 3 rings (SSSR count). The third-order valence-corrected chi connectivity index (χ3v) is 3.58. The van der Waals surface area contributed by atoms with E-state index in [1.807, 2.05) is 18.2 Å². The molecule has 0 saturated carbocycles. The largest absolute Gasteiger partial charge is 0.366 e. The van der Waals surface area contributed by atoms with Gasteiger partial charge in [0.05, 0.1) is 0 Å². The van der Waals surface area contributed by atoms with Crippen LogP contribution in [0.25, 0.3) is 0 Å². The average Bonchev–Trinajstić information content (AvgIpc) is 2.66. The Balaban J connectivity index is 1.92. The maximum absolute atomic E-state index is 13.8. The first kappa shape index (κ1) is 13.1. The van der Waals surface area contributed by atoms with Crippen LogP contribution < -0.4 is 10.2 Å². The van der Waals surface area contributed by atoms with E-state index in [4.69, 9.17) is 0 Å². The van der Waals surface area contributed by atoms with Gasteiger partial charge in [-0.25, -0.2) is 8.78 Å². The van der Waals surface area contributed by atoms with Crippen molar-refractivity contribution in [1.82, 2.24) is 5.32 Å². The van der Waals surface area contributed by atoms with Crippen molar-refractivity contribution < 1.29 is 8.78 Å². The summed E-state index contributed by atoms with van der Waals surface area (Å²) in [5.41, 5.74) is 2.66. The van der Waals surface area contributed by atoms with Gasteiger partial charge in [-0.05, 0) is 29.8 Å². The Morgan fingerprint density at radius 1 is 1.10 bits per heavy atom. The quantitative estimate of drug-likeness (QED) is 0.905. The van der Waals surface area contributed by atoms with Crippen LogP contribution in [-0.2, 0) is 13.1 Å². The normalized spacial score (nSPS) is 14.8. The van der Waals surface area contributed by atoms with Crippen LogP contribution in [0.1, 0.15) is 11.1 Å². The van der Waals surface area contributed by atoms with Gasteiger partial charge in [-0.1, -0.05) is 18.2 Å². The molecular formula is C16H16F2N2. The van der Waals surface area contributed by atoms with Crippen molar-refractivity contribution in [3.05, 3.63) is 65.2 Å². The number of benzene rings is 2. The summed E-state index contributed by atoms with van der Waals surface area (Å²) < 4.78 is 27.1. The van der Waals surface area contributed by atoms with Crippen molar-refractivity contribution in [1.29, 1.82) is 0 Å². The monoisotopic (exact) mass is 274 g/mol. The van der Waals surface area contributed by atoms with E-state index in [1.165, 1.54) is 17.7 Å². The predicted molar refractivity (Wildman–Crippen MR) is 75.6 cm³/mol. The van der Waals surface area contributed by atoms with Crippen molar-refractivity contribution in [2.45, 2.75) is 13.1 Å². The fourth-order valence-corrected chi connectivity index (χ4v) is 2.56. The van der Waals surface area contributed by atoms with Gasteiger partial charge in [0.2, 0.25) is 0 Å². The topological polar surface area (TPSA) is 15.3 Å². The van der Waals surface area contributed by atoms with Crippen LogP contribution in [0, 0.1) is 11.6 Å². The second-order valence-corrected chi connectivity index (χ2v) is 4.96. The Morgan fingerprint density at radius 2 is 1.95 bits per heavy atom. The zero-order valence-corrected chi connectivity index (χ0v) is 11.1. The van der Waals surface area contributed by atoms with E-state index in [-0.39, 0.29) is 5.82 Å². The predicted octanol–water partition coefficient (Wildman–Crippen LogP) is 3.07. The summed E-state index contributed by atoms with van der Waals surface area (Å²) in [4.78, 5) is 2.09. The number of anilines is 1. The Labute approximate surface area is 117 Å². The smallest absolute Gasteiger partial charge is 0.128 e. The third-order valence-electron chi connectivity index (χ3n) is 3.58. The van der Waals surface area contributed by atoms with E-state index >= 15 is 0 Å². The lowest BCUT2D eigenvalue weighted by Gasteiger charge is -2.24. The summed E-state index contributed by atoms with van der Waals surface area (Å²) in [5, 5.41) is 3.34. The van der Waals surface area contributed by atoms with Gasteiger partial charge in [0.25, 0.3) is 0 Å². The van der Waals surface area contributed by atoms with Crippen LogP contribution >= 0.6 is 0 Å². The molecule has 1 aliphatic rings. The molecule has 1 N–H and O–H groups in total.